The van der Waals surface area contributed by atoms with Crippen LogP contribution in [-0.2, 0) is 0 Å². The summed E-state index contributed by atoms with van der Waals surface area (Å²) < 4.78 is 13.1. The average molecular weight is 282 g/mol. The fourth-order valence-corrected chi connectivity index (χ4v) is 1.88. The summed E-state index contributed by atoms with van der Waals surface area (Å²) >= 11 is 0. The topological polar surface area (TPSA) is 78.4 Å². The van der Waals surface area contributed by atoms with Gasteiger partial charge < -0.3 is 15.7 Å². The maximum absolute atomic E-state index is 13.1. The van der Waals surface area contributed by atoms with E-state index in [1.54, 1.807) is 0 Å². The summed E-state index contributed by atoms with van der Waals surface area (Å²) in [6.07, 6.45) is 2.54. The molecule has 1 unspecified atom stereocenters. The molecule has 0 fully saturated rings. The van der Waals surface area contributed by atoms with Crippen molar-refractivity contribution in [3.8, 4) is 0 Å². The van der Waals surface area contributed by atoms with E-state index in [0.29, 0.717) is 0 Å². The van der Waals surface area contributed by atoms with Crippen LogP contribution in [0.25, 0.3) is 0 Å². The highest BCUT2D eigenvalue weighted by atomic mass is 19.1. The third-order valence-corrected chi connectivity index (χ3v) is 2.93. The number of anilines is 1. The molecule has 0 aliphatic heterocycles. The van der Waals surface area contributed by atoms with Crippen LogP contribution in [0.2, 0.25) is 0 Å². The lowest BCUT2D eigenvalue weighted by molar-refractivity contribution is 0.0698. The van der Waals surface area contributed by atoms with Gasteiger partial charge in [-0.2, -0.15) is 0 Å². The van der Waals surface area contributed by atoms with Crippen molar-refractivity contribution in [2.24, 2.45) is 0 Å². The van der Waals surface area contributed by atoms with Gasteiger partial charge in [0.15, 0.2) is 0 Å². The molecule has 1 aromatic carbocycles. The van der Waals surface area contributed by atoms with Gasteiger partial charge in [-0.3, -0.25) is 0 Å². The number of carbonyl (C=O) groups excluding carboxylic acids is 1. The predicted octanol–water partition coefficient (Wildman–Crippen LogP) is 3.22. The van der Waals surface area contributed by atoms with E-state index in [9.17, 15) is 14.0 Å². The second-order valence-electron chi connectivity index (χ2n) is 4.49. The number of nitrogens with one attached hydrogen (secondary N) is 2. The molecule has 1 atom stereocenters. The second-order valence-corrected chi connectivity index (χ2v) is 4.49. The number of aromatic carboxylic acids is 1. The van der Waals surface area contributed by atoms with E-state index in [0.717, 1.165) is 37.5 Å². The Morgan fingerprint density at radius 1 is 1.35 bits per heavy atom. The highest BCUT2D eigenvalue weighted by Gasteiger charge is 2.15. The molecule has 0 bridgehead atoms. The zero-order chi connectivity index (χ0) is 15.1. The molecule has 0 radical (unpaired) electrons. The van der Waals surface area contributed by atoms with Crippen LogP contribution in [0.4, 0.5) is 14.9 Å². The smallest absolute Gasteiger partial charge is 0.337 e. The Bertz CT molecular complexity index is 491. The molecule has 1 rings (SSSR count). The molecule has 0 aliphatic rings. The van der Waals surface area contributed by atoms with Crippen LogP contribution in [0.1, 0.15) is 43.5 Å². The number of rotatable bonds is 6. The standard InChI is InChI=1S/C14H19FN2O3/c1-3-5-10(4-2)16-14(20)17-12-8-9(15)6-7-11(12)13(18)19/h6-8,10H,3-5H2,1-2H3,(H,18,19)(H2,16,17,20). The van der Waals surface area contributed by atoms with Crippen LogP contribution < -0.4 is 10.6 Å². The van der Waals surface area contributed by atoms with Crippen molar-refractivity contribution in [3.05, 3.63) is 29.6 Å². The molecule has 2 amide bonds. The van der Waals surface area contributed by atoms with E-state index in [2.05, 4.69) is 10.6 Å². The van der Waals surface area contributed by atoms with E-state index in [-0.39, 0.29) is 17.3 Å². The Hall–Kier alpha value is -2.11. The van der Waals surface area contributed by atoms with Crippen molar-refractivity contribution in [3.63, 3.8) is 0 Å². The Kier molecular flexibility index (Phi) is 5.96. The Morgan fingerprint density at radius 2 is 2.05 bits per heavy atom. The lowest BCUT2D eigenvalue weighted by atomic mass is 10.1. The Balaban J connectivity index is 2.79. The number of carboxylic acid groups (broad SMARTS) is 1. The summed E-state index contributed by atoms with van der Waals surface area (Å²) in [6, 6.07) is 2.64. The number of hydrogen-bond donors (Lipinski definition) is 3. The predicted molar refractivity (Wildman–Crippen MR) is 74.5 cm³/mol. The lowest BCUT2D eigenvalue weighted by Crippen LogP contribution is -2.37. The van der Waals surface area contributed by atoms with Gasteiger partial charge in [0.2, 0.25) is 0 Å². The number of carboxylic acids is 1. The molecule has 110 valence electrons. The van der Waals surface area contributed by atoms with Crippen molar-refractivity contribution in [2.75, 3.05) is 5.32 Å². The molecule has 6 heteroatoms. The van der Waals surface area contributed by atoms with Crippen LogP contribution in [0.5, 0.6) is 0 Å². The van der Waals surface area contributed by atoms with Gasteiger partial charge in [-0.05, 0) is 31.0 Å². The third-order valence-electron chi connectivity index (χ3n) is 2.93. The van der Waals surface area contributed by atoms with Crippen LogP contribution in [0.3, 0.4) is 0 Å². The normalized spacial score (nSPS) is 11.8. The van der Waals surface area contributed by atoms with Gasteiger partial charge in [0.25, 0.3) is 0 Å². The summed E-state index contributed by atoms with van der Waals surface area (Å²) in [6.45, 7) is 3.96. The molecular weight excluding hydrogens is 263 g/mol. The first-order chi connectivity index (χ1) is 9.47. The van der Waals surface area contributed by atoms with Gasteiger partial charge in [-0.15, -0.1) is 0 Å². The first-order valence-corrected chi connectivity index (χ1v) is 6.58. The van der Waals surface area contributed by atoms with E-state index >= 15 is 0 Å². The van der Waals surface area contributed by atoms with Crippen LogP contribution in [-0.4, -0.2) is 23.1 Å². The van der Waals surface area contributed by atoms with Crippen molar-refractivity contribution in [1.82, 2.24) is 5.32 Å². The molecule has 0 saturated carbocycles. The Morgan fingerprint density at radius 3 is 2.60 bits per heavy atom. The zero-order valence-electron chi connectivity index (χ0n) is 11.6. The number of halogens is 1. The summed E-state index contributed by atoms with van der Waals surface area (Å²) in [5.41, 5.74) is -0.202. The van der Waals surface area contributed by atoms with Crippen molar-refractivity contribution < 1.29 is 19.1 Å². The quantitative estimate of drug-likeness (QED) is 0.749. The molecule has 0 spiro atoms. The van der Waals surface area contributed by atoms with E-state index in [1.807, 2.05) is 13.8 Å². The minimum absolute atomic E-state index is 0.0156. The van der Waals surface area contributed by atoms with Crippen LogP contribution >= 0.6 is 0 Å². The average Bonchev–Trinajstić information content (AvgIpc) is 2.37. The SMILES string of the molecule is CCCC(CC)NC(=O)Nc1cc(F)ccc1C(=O)O. The number of urea groups is 1. The van der Waals surface area contributed by atoms with Gasteiger partial charge in [0.1, 0.15) is 5.82 Å². The number of hydrogen-bond acceptors (Lipinski definition) is 2. The molecule has 1 aromatic rings. The first-order valence-electron chi connectivity index (χ1n) is 6.58. The fraction of sp³-hybridized carbons (Fsp3) is 0.429. The van der Waals surface area contributed by atoms with E-state index in [1.165, 1.54) is 0 Å². The number of amides is 2. The molecule has 0 aromatic heterocycles. The maximum Gasteiger partial charge on any atom is 0.337 e. The molecule has 0 saturated heterocycles. The second kappa shape index (κ2) is 7.47. The summed E-state index contributed by atoms with van der Waals surface area (Å²) in [4.78, 5) is 22.8. The molecule has 0 aliphatic carbocycles. The zero-order valence-corrected chi connectivity index (χ0v) is 11.6. The Labute approximate surface area is 117 Å². The lowest BCUT2D eigenvalue weighted by Gasteiger charge is -2.17. The van der Waals surface area contributed by atoms with E-state index < -0.39 is 17.8 Å². The molecule has 20 heavy (non-hydrogen) atoms. The minimum Gasteiger partial charge on any atom is -0.478 e. The number of benzene rings is 1. The van der Waals surface area contributed by atoms with Crippen LogP contribution in [0.15, 0.2) is 18.2 Å². The summed E-state index contributed by atoms with van der Waals surface area (Å²) in [5, 5.41) is 14.1. The molecule has 0 heterocycles. The van der Waals surface area contributed by atoms with Gasteiger partial charge >= 0.3 is 12.0 Å². The van der Waals surface area contributed by atoms with Crippen LogP contribution in [0, 0.1) is 5.82 Å². The largest absolute Gasteiger partial charge is 0.478 e. The van der Waals surface area contributed by atoms with Crippen molar-refractivity contribution >= 4 is 17.7 Å². The monoisotopic (exact) mass is 282 g/mol. The number of carbonyl (C=O) groups is 2. The highest BCUT2D eigenvalue weighted by Crippen LogP contribution is 2.17. The molecular formula is C14H19FN2O3. The van der Waals surface area contributed by atoms with E-state index in [4.69, 9.17) is 5.11 Å². The van der Waals surface area contributed by atoms with Gasteiger partial charge in [-0.25, -0.2) is 14.0 Å². The maximum atomic E-state index is 13.1. The highest BCUT2D eigenvalue weighted by molar-refractivity contribution is 6.00. The first kappa shape index (κ1) is 15.9. The molecule has 3 N–H and O–H groups in total. The minimum atomic E-state index is -1.22. The van der Waals surface area contributed by atoms with Crippen molar-refractivity contribution in [2.45, 2.75) is 39.2 Å². The molecule has 5 nitrogen and oxygen atoms in total. The third kappa shape index (κ3) is 4.53. The van der Waals surface area contributed by atoms with Crippen molar-refractivity contribution in [1.29, 1.82) is 0 Å². The van der Waals surface area contributed by atoms with Gasteiger partial charge in [0, 0.05) is 6.04 Å². The summed E-state index contributed by atoms with van der Waals surface area (Å²) in [7, 11) is 0. The van der Waals surface area contributed by atoms with Gasteiger partial charge in [0.05, 0.1) is 11.3 Å². The summed E-state index contributed by atoms with van der Waals surface area (Å²) in [5.74, 6) is -1.83. The fourth-order valence-electron chi connectivity index (χ4n) is 1.88. The van der Waals surface area contributed by atoms with Gasteiger partial charge in [-0.1, -0.05) is 20.3 Å².